The molecule has 32 heavy (non-hydrogen) atoms. The average Bonchev–Trinajstić information content (AvgIpc) is 3.04. The highest BCUT2D eigenvalue weighted by atomic mass is 16.5. The molecule has 0 aromatic heterocycles. The van der Waals surface area contributed by atoms with E-state index in [4.69, 9.17) is 4.74 Å². The molecule has 0 spiro atoms. The summed E-state index contributed by atoms with van der Waals surface area (Å²) in [6.45, 7) is 3.14. The molecule has 0 bridgehead atoms. The van der Waals surface area contributed by atoms with Crippen LogP contribution in [0.2, 0.25) is 0 Å². The first-order valence-electron chi connectivity index (χ1n) is 11.0. The number of methoxy groups -OCH3 is 1. The predicted molar refractivity (Wildman–Crippen MR) is 117 cm³/mol. The first-order chi connectivity index (χ1) is 15.3. The predicted octanol–water partition coefficient (Wildman–Crippen LogP) is 2.19. The Labute approximate surface area is 188 Å². The van der Waals surface area contributed by atoms with E-state index in [1.807, 2.05) is 30.3 Å². The second-order valence-corrected chi connectivity index (χ2v) is 8.13. The lowest BCUT2D eigenvalue weighted by Crippen LogP contribution is -2.63. The van der Waals surface area contributed by atoms with Crippen LogP contribution in [0.4, 0.5) is 4.79 Å². The van der Waals surface area contributed by atoms with Gasteiger partial charge in [-0.05, 0) is 32.3 Å². The molecule has 9 heteroatoms. The fourth-order valence-electron chi connectivity index (χ4n) is 3.66. The van der Waals surface area contributed by atoms with Crippen LogP contribution in [0.3, 0.4) is 0 Å². The third-order valence-corrected chi connectivity index (χ3v) is 5.60. The molecule has 1 saturated carbocycles. The van der Waals surface area contributed by atoms with Crippen LogP contribution in [0.1, 0.15) is 57.9 Å². The molecule has 3 amide bonds. The van der Waals surface area contributed by atoms with Gasteiger partial charge in [0.15, 0.2) is 0 Å². The number of benzene rings is 1. The van der Waals surface area contributed by atoms with Gasteiger partial charge in [-0.25, -0.2) is 9.59 Å². The van der Waals surface area contributed by atoms with Gasteiger partial charge in [0.25, 0.3) is 0 Å². The number of ether oxygens (including phenoxy) is 2. The molecule has 0 saturated heterocycles. The van der Waals surface area contributed by atoms with Crippen LogP contribution in [-0.2, 0) is 30.5 Å². The van der Waals surface area contributed by atoms with Crippen molar-refractivity contribution in [3.8, 4) is 0 Å². The summed E-state index contributed by atoms with van der Waals surface area (Å²) in [5, 5.41) is 7.99. The van der Waals surface area contributed by atoms with Gasteiger partial charge in [0.1, 0.15) is 24.2 Å². The summed E-state index contributed by atoms with van der Waals surface area (Å²) in [6.07, 6.45) is 3.61. The number of rotatable bonds is 8. The van der Waals surface area contributed by atoms with Crippen LogP contribution < -0.4 is 16.0 Å². The lowest BCUT2D eigenvalue weighted by molar-refractivity contribution is -0.146. The first-order valence-corrected chi connectivity index (χ1v) is 11.0. The molecule has 9 nitrogen and oxygen atoms in total. The zero-order chi connectivity index (χ0) is 23.6. The van der Waals surface area contributed by atoms with Gasteiger partial charge in [-0.3, -0.25) is 9.59 Å². The minimum Gasteiger partial charge on any atom is -0.467 e. The summed E-state index contributed by atoms with van der Waals surface area (Å²) in [6, 6.07) is 7.44. The van der Waals surface area contributed by atoms with Crippen molar-refractivity contribution in [2.75, 3.05) is 7.11 Å². The van der Waals surface area contributed by atoms with Gasteiger partial charge in [0, 0.05) is 0 Å². The van der Waals surface area contributed by atoms with E-state index in [0.29, 0.717) is 12.8 Å². The lowest BCUT2D eigenvalue weighted by Gasteiger charge is -2.34. The molecule has 1 aromatic rings. The van der Waals surface area contributed by atoms with Gasteiger partial charge in [-0.15, -0.1) is 0 Å². The van der Waals surface area contributed by atoms with Crippen molar-refractivity contribution in [3.63, 3.8) is 0 Å². The van der Waals surface area contributed by atoms with Gasteiger partial charge in [0.2, 0.25) is 11.8 Å². The van der Waals surface area contributed by atoms with Crippen LogP contribution in [0.15, 0.2) is 30.3 Å². The number of esters is 1. The summed E-state index contributed by atoms with van der Waals surface area (Å²) in [5.74, 6) is -1.49. The van der Waals surface area contributed by atoms with Crippen LogP contribution in [0.25, 0.3) is 0 Å². The molecule has 1 aliphatic rings. The maximum Gasteiger partial charge on any atom is 0.408 e. The summed E-state index contributed by atoms with van der Waals surface area (Å²) >= 11 is 0. The van der Waals surface area contributed by atoms with Gasteiger partial charge in [-0.2, -0.15) is 0 Å². The summed E-state index contributed by atoms with van der Waals surface area (Å²) in [5.41, 5.74) is -0.326. The zero-order valence-electron chi connectivity index (χ0n) is 18.9. The number of amides is 3. The van der Waals surface area contributed by atoms with E-state index in [2.05, 4.69) is 20.7 Å². The Hall–Kier alpha value is -3.10. The smallest absolute Gasteiger partial charge is 0.408 e. The van der Waals surface area contributed by atoms with Crippen molar-refractivity contribution in [2.24, 2.45) is 0 Å². The first kappa shape index (κ1) is 25.2. The van der Waals surface area contributed by atoms with E-state index < -0.39 is 41.5 Å². The van der Waals surface area contributed by atoms with Crippen molar-refractivity contribution < 1.29 is 28.7 Å². The van der Waals surface area contributed by atoms with Crippen LogP contribution in [0.5, 0.6) is 0 Å². The molecule has 2 rings (SSSR count). The molecule has 1 aliphatic carbocycles. The monoisotopic (exact) mass is 447 g/mol. The quantitative estimate of drug-likeness (QED) is 0.415. The number of hydrogen-bond donors (Lipinski definition) is 3. The molecule has 0 radical (unpaired) electrons. The standard InChI is InChI=1S/C23H33N3O6/c1-16(25-22(30)32-15-18-11-7-6-8-12-18)19(27)26-23(13-9-4-5-10-14-23)21(29)24-17(2)20(28)31-3/h6-8,11-12,16-17H,4-5,9-10,13-15H2,1-3H3,(H,24,29)(H,25,30)(H,26,27)/t16-,17-/m0/s1. The Morgan fingerprint density at radius 3 is 2.16 bits per heavy atom. The fraction of sp³-hybridized carbons (Fsp3) is 0.565. The lowest BCUT2D eigenvalue weighted by atomic mass is 9.88. The van der Waals surface area contributed by atoms with E-state index >= 15 is 0 Å². The van der Waals surface area contributed by atoms with Crippen LogP contribution >= 0.6 is 0 Å². The second kappa shape index (κ2) is 12.1. The van der Waals surface area contributed by atoms with E-state index in [1.165, 1.54) is 21.0 Å². The molecule has 1 fully saturated rings. The van der Waals surface area contributed by atoms with E-state index in [0.717, 1.165) is 31.2 Å². The maximum absolute atomic E-state index is 13.1. The van der Waals surface area contributed by atoms with Gasteiger partial charge >= 0.3 is 12.1 Å². The van der Waals surface area contributed by atoms with Crippen LogP contribution in [0, 0.1) is 0 Å². The minimum absolute atomic E-state index is 0.0821. The molecule has 0 unspecified atom stereocenters. The Morgan fingerprint density at radius 1 is 0.938 bits per heavy atom. The van der Waals surface area contributed by atoms with E-state index in [1.54, 1.807) is 0 Å². The van der Waals surface area contributed by atoms with Crippen molar-refractivity contribution in [3.05, 3.63) is 35.9 Å². The summed E-state index contributed by atoms with van der Waals surface area (Å²) in [4.78, 5) is 49.8. The summed E-state index contributed by atoms with van der Waals surface area (Å²) < 4.78 is 9.84. The number of carbonyl (C=O) groups excluding carboxylic acids is 4. The number of nitrogens with one attached hydrogen (secondary N) is 3. The number of hydrogen-bond acceptors (Lipinski definition) is 6. The van der Waals surface area contributed by atoms with Crippen molar-refractivity contribution in [2.45, 2.75) is 76.6 Å². The molecule has 2 atom stereocenters. The summed E-state index contributed by atoms with van der Waals surface area (Å²) in [7, 11) is 1.25. The highest BCUT2D eigenvalue weighted by Crippen LogP contribution is 2.28. The third-order valence-electron chi connectivity index (χ3n) is 5.60. The topological polar surface area (TPSA) is 123 Å². The van der Waals surface area contributed by atoms with Crippen LogP contribution in [-0.4, -0.2) is 48.6 Å². The Balaban J connectivity index is 1.99. The average molecular weight is 448 g/mol. The second-order valence-electron chi connectivity index (χ2n) is 8.13. The molecule has 0 aliphatic heterocycles. The molecular formula is C23H33N3O6. The Bertz CT molecular complexity index is 790. The third kappa shape index (κ3) is 7.25. The Kier molecular flexibility index (Phi) is 9.49. The SMILES string of the molecule is COC(=O)[C@H](C)NC(=O)C1(NC(=O)[C@H](C)NC(=O)OCc2ccccc2)CCCCCC1. The van der Waals surface area contributed by atoms with Gasteiger partial charge in [-0.1, -0.05) is 56.0 Å². The highest BCUT2D eigenvalue weighted by molar-refractivity contribution is 5.95. The zero-order valence-corrected chi connectivity index (χ0v) is 18.9. The van der Waals surface area contributed by atoms with Crippen molar-refractivity contribution >= 4 is 23.9 Å². The number of carbonyl (C=O) groups is 4. The van der Waals surface area contributed by atoms with Gasteiger partial charge in [0.05, 0.1) is 7.11 Å². The molecule has 3 N–H and O–H groups in total. The van der Waals surface area contributed by atoms with Crippen molar-refractivity contribution in [1.29, 1.82) is 0 Å². The minimum atomic E-state index is -1.15. The fourth-order valence-corrected chi connectivity index (χ4v) is 3.66. The highest BCUT2D eigenvalue weighted by Gasteiger charge is 2.41. The molecular weight excluding hydrogens is 414 g/mol. The van der Waals surface area contributed by atoms with E-state index in [9.17, 15) is 19.2 Å². The normalized spacial score (nSPS) is 17.1. The maximum atomic E-state index is 13.1. The largest absolute Gasteiger partial charge is 0.467 e. The van der Waals surface area contributed by atoms with E-state index in [-0.39, 0.29) is 6.61 Å². The Morgan fingerprint density at radius 2 is 1.56 bits per heavy atom. The molecule has 1 aromatic carbocycles. The molecule has 0 heterocycles. The van der Waals surface area contributed by atoms with Gasteiger partial charge < -0.3 is 25.4 Å². The number of alkyl carbamates (subject to hydrolysis) is 1. The molecule has 176 valence electrons. The van der Waals surface area contributed by atoms with Crippen molar-refractivity contribution in [1.82, 2.24) is 16.0 Å².